The van der Waals surface area contributed by atoms with E-state index in [1.807, 2.05) is 43.3 Å². The number of carbonyl (C=O) groups excluding carboxylic acids is 1. The van der Waals surface area contributed by atoms with Crippen molar-refractivity contribution in [2.75, 3.05) is 6.61 Å². The van der Waals surface area contributed by atoms with Crippen LogP contribution in [0.25, 0.3) is 11.0 Å². The van der Waals surface area contributed by atoms with Crippen LogP contribution >= 0.6 is 22.6 Å². The molecule has 0 aliphatic rings. The first kappa shape index (κ1) is 19.7. The summed E-state index contributed by atoms with van der Waals surface area (Å²) in [5, 5.41) is 10.2. The van der Waals surface area contributed by atoms with Crippen molar-refractivity contribution in [1.29, 1.82) is 0 Å². The normalized spacial score (nSPS) is 11.0. The van der Waals surface area contributed by atoms with E-state index in [0.717, 1.165) is 31.2 Å². The molecule has 1 N–H and O–H groups in total. The molecule has 1 heterocycles. The molecule has 0 spiro atoms. The number of ether oxygens (including phenoxy) is 2. The molecular weight excluding hydrogens is 459 g/mol. The number of hydrogen-bond acceptors (Lipinski definition) is 5. The zero-order valence-corrected chi connectivity index (χ0v) is 17.4. The highest BCUT2D eigenvalue weighted by Gasteiger charge is 2.12. The maximum absolute atomic E-state index is 11.8. The fourth-order valence-corrected chi connectivity index (χ4v) is 3.68. The highest BCUT2D eigenvalue weighted by atomic mass is 127. The lowest BCUT2D eigenvalue weighted by molar-refractivity contribution is -0.142. The Kier molecular flexibility index (Phi) is 6.38. The molecule has 0 saturated heterocycles. The molecule has 0 atom stereocenters. The number of rotatable bonds is 7. The summed E-state index contributed by atoms with van der Waals surface area (Å²) in [5.41, 5.74) is 3.62. The molecule has 0 aliphatic heterocycles. The van der Waals surface area contributed by atoms with E-state index in [-0.39, 0.29) is 19.0 Å². The Morgan fingerprint density at radius 3 is 2.78 bits per heavy atom. The molecule has 5 nitrogen and oxygen atoms in total. The van der Waals surface area contributed by atoms with Crippen LogP contribution in [0.3, 0.4) is 0 Å². The van der Waals surface area contributed by atoms with Gasteiger partial charge in [0.2, 0.25) is 0 Å². The van der Waals surface area contributed by atoms with Crippen LogP contribution < -0.4 is 4.74 Å². The number of halogens is 1. The van der Waals surface area contributed by atoms with Gasteiger partial charge in [-0.3, -0.25) is 4.79 Å². The third-order valence-electron chi connectivity index (χ3n) is 4.09. The predicted molar refractivity (Wildman–Crippen MR) is 111 cm³/mol. The third kappa shape index (κ3) is 4.81. The van der Waals surface area contributed by atoms with Crippen molar-refractivity contribution in [1.82, 2.24) is 0 Å². The fraction of sp³-hybridized carbons (Fsp3) is 0.286. The average Bonchev–Trinajstić information content (AvgIpc) is 3.06. The van der Waals surface area contributed by atoms with Crippen molar-refractivity contribution in [2.45, 2.75) is 33.5 Å². The van der Waals surface area contributed by atoms with Gasteiger partial charge in [0.25, 0.3) is 0 Å². The Bertz CT molecular complexity index is 961. The van der Waals surface area contributed by atoms with Gasteiger partial charge in [0.1, 0.15) is 30.3 Å². The SMILES string of the molecule is CCOC(=O)Cc1ccc(C)cc1OCc1cc(I)c2oc(CO)cc2c1. The second-order valence-electron chi connectivity index (χ2n) is 6.25. The van der Waals surface area contributed by atoms with E-state index < -0.39 is 0 Å². The van der Waals surface area contributed by atoms with Gasteiger partial charge in [-0.1, -0.05) is 12.1 Å². The van der Waals surface area contributed by atoms with E-state index in [0.29, 0.717) is 24.7 Å². The highest BCUT2D eigenvalue weighted by molar-refractivity contribution is 14.1. The third-order valence-corrected chi connectivity index (χ3v) is 4.90. The molecule has 142 valence electrons. The Hall–Kier alpha value is -2.06. The summed E-state index contributed by atoms with van der Waals surface area (Å²) in [6.45, 7) is 4.38. The molecule has 27 heavy (non-hydrogen) atoms. The van der Waals surface area contributed by atoms with E-state index in [2.05, 4.69) is 22.6 Å². The number of fused-ring (bicyclic) bond motifs is 1. The number of carbonyl (C=O) groups is 1. The van der Waals surface area contributed by atoms with Crippen molar-refractivity contribution < 1.29 is 23.8 Å². The lowest BCUT2D eigenvalue weighted by Crippen LogP contribution is -2.09. The minimum Gasteiger partial charge on any atom is -0.489 e. The molecule has 0 radical (unpaired) electrons. The molecule has 0 fully saturated rings. The molecule has 3 rings (SSSR count). The monoisotopic (exact) mass is 480 g/mol. The molecule has 6 heteroatoms. The predicted octanol–water partition coefficient (Wildman–Crippen LogP) is 4.52. The van der Waals surface area contributed by atoms with Gasteiger partial charge in [-0.2, -0.15) is 0 Å². The van der Waals surface area contributed by atoms with Gasteiger partial charge in [0.15, 0.2) is 0 Å². The van der Waals surface area contributed by atoms with E-state index in [1.165, 1.54) is 0 Å². The lowest BCUT2D eigenvalue weighted by atomic mass is 10.1. The second-order valence-corrected chi connectivity index (χ2v) is 7.41. The molecule has 0 unspecified atom stereocenters. The minimum atomic E-state index is -0.267. The summed E-state index contributed by atoms with van der Waals surface area (Å²) in [7, 11) is 0. The summed E-state index contributed by atoms with van der Waals surface area (Å²) >= 11 is 2.21. The Balaban J connectivity index is 1.80. The average molecular weight is 480 g/mol. The van der Waals surface area contributed by atoms with Gasteiger partial charge in [-0.05, 0) is 71.8 Å². The highest BCUT2D eigenvalue weighted by Crippen LogP contribution is 2.28. The summed E-state index contributed by atoms with van der Waals surface area (Å²) in [5.74, 6) is 0.954. The minimum absolute atomic E-state index is 0.128. The van der Waals surface area contributed by atoms with Crippen molar-refractivity contribution >= 4 is 39.5 Å². The quantitative estimate of drug-likeness (QED) is 0.398. The van der Waals surface area contributed by atoms with Gasteiger partial charge in [-0.25, -0.2) is 0 Å². The molecule has 1 aromatic heterocycles. The zero-order chi connectivity index (χ0) is 19.4. The molecule has 3 aromatic rings. The molecule has 0 bridgehead atoms. The van der Waals surface area contributed by atoms with Gasteiger partial charge in [0.05, 0.1) is 16.6 Å². The topological polar surface area (TPSA) is 68.9 Å². The van der Waals surface area contributed by atoms with E-state index in [4.69, 9.17) is 13.9 Å². The first-order valence-electron chi connectivity index (χ1n) is 8.69. The number of aliphatic hydroxyl groups excluding tert-OH is 1. The van der Waals surface area contributed by atoms with Gasteiger partial charge < -0.3 is 19.0 Å². The Morgan fingerprint density at radius 2 is 2.04 bits per heavy atom. The maximum Gasteiger partial charge on any atom is 0.310 e. The number of aliphatic hydroxyl groups is 1. The van der Waals surface area contributed by atoms with Crippen LogP contribution in [0.1, 0.15) is 29.4 Å². The van der Waals surface area contributed by atoms with E-state index in [1.54, 1.807) is 6.92 Å². The lowest BCUT2D eigenvalue weighted by Gasteiger charge is -2.13. The smallest absolute Gasteiger partial charge is 0.310 e. The molecular formula is C21H21IO5. The fourth-order valence-electron chi connectivity index (χ4n) is 2.85. The van der Waals surface area contributed by atoms with Crippen molar-refractivity contribution in [3.63, 3.8) is 0 Å². The molecule has 2 aromatic carbocycles. The van der Waals surface area contributed by atoms with Crippen LogP contribution in [0.5, 0.6) is 5.75 Å². The number of esters is 1. The molecule has 0 amide bonds. The number of hydrogen-bond donors (Lipinski definition) is 1. The molecule has 0 aliphatic carbocycles. The number of furan rings is 1. The van der Waals surface area contributed by atoms with Gasteiger partial charge in [-0.15, -0.1) is 0 Å². The van der Waals surface area contributed by atoms with Crippen LogP contribution in [0.15, 0.2) is 40.8 Å². The first-order chi connectivity index (χ1) is 13.0. The van der Waals surface area contributed by atoms with Crippen LogP contribution in [0, 0.1) is 10.5 Å². The summed E-state index contributed by atoms with van der Waals surface area (Å²) in [4.78, 5) is 11.8. The Morgan fingerprint density at radius 1 is 1.22 bits per heavy atom. The summed E-state index contributed by atoms with van der Waals surface area (Å²) < 4.78 is 17.6. The summed E-state index contributed by atoms with van der Waals surface area (Å²) in [6, 6.07) is 11.6. The zero-order valence-electron chi connectivity index (χ0n) is 15.3. The van der Waals surface area contributed by atoms with E-state index >= 15 is 0 Å². The van der Waals surface area contributed by atoms with Gasteiger partial charge >= 0.3 is 5.97 Å². The van der Waals surface area contributed by atoms with Gasteiger partial charge in [0, 0.05) is 10.9 Å². The molecule has 0 saturated carbocycles. The van der Waals surface area contributed by atoms with Crippen LogP contribution in [-0.4, -0.2) is 17.7 Å². The second kappa shape index (κ2) is 8.75. The van der Waals surface area contributed by atoms with Crippen LogP contribution in [0.4, 0.5) is 0 Å². The van der Waals surface area contributed by atoms with Crippen molar-refractivity contribution in [3.8, 4) is 5.75 Å². The van der Waals surface area contributed by atoms with Crippen LogP contribution in [-0.2, 0) is 29.2 Å². The van der Waals surface area contributed by atoms with Crippen LogP contribution in [0.2, 0.25) is 0 Å². The van der Waals surface area contributed by atoms with E-state index in [9.17, 15) is 9.90 Å². The first-order valence-corrected chi connectivity index (χ1v) is 9.77. The van der Waals surface area contributed by atoms with Crippen molar-refractivity contribution in [3.05, 3.63) is 62.4 Å². The summed E-state index contributed by atoms with van der Waals surface area (Å²) in [6.07, 6.45) is 0.182. The standard InChI is InChI=1S/C21H21IO5/c1-3-25-20(24)10-15-5-4-13(2)6-19(15)26-12-14-7-16-9-17(11-23)27-21(16)18(22)8-14/h4-9,23H,3,10-12H2,1-2H3. The number of benzene rings is 2. The Labute approximate surface area is 171 Å². The largest absolute Gasteiger partial charge is 0.489 e. The number of aryl methyl sites for hydroxylation is 1. The maximum atomic E-state index is 11.8. The van der Waals surface area contributed by atoms with Crippen molar-refractivity contribution in [2.24, 2.45) is 0 Å².